The normalized spacial score (nSPS) is 25.1. The van der Waals surface area contributed by atoms with Crippen LogP contribution in [0.5, 0.6) is 0 Å². The quantitative estimate of drug-likeness (QED) is 0.432. The Bertz CT molecular complexity index is 102. The van der Waals surface area contributed by atoms with Gasteiger partial charge < -0.3 is 14.2 Å². The molecule has 0 aromatic rings. The third-order valence-electron chi connectivity index (χ3n) is 1.66. The topological polar surface area (TPSA) is 31.0 Å². The van der Waals surface area contributed by atoms with Crippen LogP contribution in [0.4, 0.5) is 0 Å². The van der Waals surface area contributed by atoms with Gasteiger partial charge in [-0.25, -0.2) is 0 Å². The molecule has 0 amide bonds. The van der Waals surface area contributed by atoms with Crippen molar-refractivity contribution in [2.75, 3.05) is 20.3 Å². The summed E-state index contributed by atoms with van der Waals surface area (Å²) in [5.74, 6) is 0. The molecule has 66 valence electrons. The second-order valence-electron chi connectivity index (χ2n) is 2.74. The van der Waals surface area contributed by atoms with Crippen molar-refractivity contribution in [3.05, 3.63) is 0 Å². The van der Waals surface area contributed by atoms with Gasteiger partial charge in [-0.05, 0) is 6.42 Å². The zero-order valence-electron chi connectivity index (χ0n) is 7.21. The number of methoxy groups -OCH3 is 1. The van der Waals surface area contributed by atoms with E-state index >= 15 is 0 Å². The zero-order valence-corrected chi connectivity index (χ0v) is 7.21. The van der Waals surface area contributed by atoms with E-state index in [0.29, 0.717) is 12.7 Å². The van der Waals surface area contributed by atoms with Gasteiger partial charge in [-0.2, -0.15) is 0 Å². The van der Waals surface area contributed by atoms with Crippen LogP contribution in [0.25, 0.3) is 0 Å². The third-order valence-corrected chi connectivity index (χ3v) is 1.66. The van der Waals surface area contributed by atoms with Crippen LogP contribution >= 0.6 is 0 Å². The van der Waals surface area contributed by atoms with Crippen LogP contribution in [0.2, 0.25) is 0 Å². The van der Waals surface area contributed by atoms with Crippen LogP contribution in [0.1, 0.15) is 19.8 Å². The maximum Gasteiger partial charge on any atom is 0.157 e. The Balaban J connectivity index is 1.98. The minimum absolute atomic E-state index is 0.0378. The Labute approximate surface area is 67.6 Å². The van der Waals surface area contributed by atoms with Gasteiger partial charge in [0.2, 0.25) is 0 Å². The SMILES string of the molecule is CCCC(OC)OCC1CO1. The molecule has 3 heteroatoms. The van der Waals surface area contributed by atoms with Gasteiger partial charge in [-0.3, -0.25) is 0 Å². The summed E-state index contributed by atoms with van der Waals surface area (Å²) in [4.78, 5) is 0. The Kier molecular flexibility index (Phi) is 3.83. The van der Waals surface area contributed by atoms with Crippen LogP contribution in [0.15, 0.2) is 0 Å². The summed E-state index contributed by atoms with van der Waals surface area (Å²) in [6.07, 6.45) is 2.35. The maximum absolute atomic E-state index is 5.41. The minimum Gasteiger partial charge on any atom is -0.371 e. The van der Waals surface area contributed by atoms with Crippen molar-refractivity contribution in [2.45, 2.75) is 32.2 Å². The van der Waals surface area contributed by atoms with Crippen LogP contribution < -0.4 is 0 Å². The van der Waals surface area contributed by atoms with Gasteiger partial charge in [-0.15, -0.1) is 0 Å². The molecule has 1 aliphatic rings. The van der Waals surface area contributed by atoms with E-state index in [9.17, 15) is 0 Å². The van der Waals surface area contributed by atoms with Crippen molar-refractivity contribution >= 4 is 0 Å². The molecule has 1 heterocycles. The molecule has 1 rings (SSSR count). The molecule has 1 saturated heterocycles. The molecular formula is C8H16O3. The molecule has 11 heavy (non-hydrogen) atoms. The highest BCUT2D eigenvalue weighted by atomic mass is 16.7. The molecule has 0 saturated carbocycles. The van der Waals surface area contributed by atoms with Gasteiger partial charge in [-0.1, -0.05) is 13.3 Å². The molecule has 1 fully saturated rings. The summed E-state index contributed by atoms with van der Waals surface area (Å²) in [6.45, 7) is 3.64. The fourth-order valence-electron chi connectivity index (χ4n) is 0.884. The highest BCUT2D eigenvalue weighted by Gasteiger charge is 2.23. The third kappa shape index (κ3) is 3.70. The molecule has 2 unspecified atom stereocenters. The minimum atomic E-state index is -0.0378. The van der Waals surface area contributed by atoms with Crippen molar-refractivity contribution in [2.24, 2.45) is 0 Å². The van der Waals surface area contributed by atoms with E-state index in [2.05, 4.69) is 6.92 Å². The molecule has 0 aliphatic carbocycles. The van der Waals surface area contributed by atoms with E-state index in [1.807, 2.05) is 0 Å². The standard InChI is InChI=1S/C8H16O3/c1-3-4-8(9-2)11-6-7-5-10-7/h7-8H,3-6H2,1-2H3. The van der Waals surface area contributed by atoms with Gasteiger partial charge in [0.05, 0.1) is 13.2 Å². The molecule has 0 spiro atoms. The average molecular weight is 160 g/mol. The van der Waals surface area contributed by atoms with Crippen LogP contribution in [-0.4, -0.2) is 32.7 Å². The second kappa shape index (κ2) is 4.70. The average Bonchev–Trinajstić information content (AvgIpc) is 2.81. The molecule has 0 bridgehead atoms. The van der Waals surface area contributed by atoms with Crippen molar-refractivity contribution < 1.29 is 14.2 Å². The summed E-state index contributed by atoms with van der Waals surface area (Å²) < 4.78 is 15.5. The summed E-state index contributed by atoms with van der Waals surface area (Å²) in [7, 11) is 1.67. The molecule has 2 atom stereocenters. The number of ether oxygens (including phenoxy) is 3. The number of hydrogen-bond donors (Lipinski definition) is 0. The first kappa shape index (κ1) is 8.97. The number of hydrogen-bond acceptors (Lipinski definition) is 3. The van der Waals surface area contributed by atoms with Crippen LogP contribution in [0, 0.1) is 0 Å². The fraction of sp³-hybridized carbons (Fsp3) is 1.00. The van der Waals surface area contributed by atoms with Gasteiger partial charge >= 0.3 is 0 Å². The van der Waals surface area contributed by atoms with Crippen molar-refractivity contribution in [1.82, 2.24) is 0 Å². The lowest BCUT2D eigenvalue weighted by atomic mass is 10.3. The summed E-state index contributed by atoms with van der Waals surface area (Å²) in [6, 6.07) is 0. The van der Waals surface area contributed by atoms with E-state index < -0.39 is 0 Å². The lowest BCUT2D eigenvalue weighted by Gasteiger charge is -2.13. The Hall–Kier alpha value is -0.120. The van der Waals surface area contributed by atoms with Crippen molar-refractivity contribution in [3.8, 4) is 0 Å². The van der Waals surface area contributed by atoms with Crippen LogP contribution in [-0.2, 0) is 14.2 Å². The monoisotopic (exact) mass is 160 g/mol. The molecule has 0 aromatic carbocycles. The molecule has 1 aliphatic heterocycles. The van der Waals surface area contributed by atoms with E-state index in [1.54, 1.807) is 7.11 Å². The predicted octanol–water partition coefficient (Wildman–Crippen LogP) is 1.17. The largest absolute Gasteiger partial charge is 0.371 e. The second-order valence-corrected chi connectivity index (χ2v) is 2.74. The highest BCUT2D eigenvalue weighted by molar-refractivity contribution is 4.67. The van der Waals surface area contributed by atoms with E-state index in [0.717, 1.165) is 19.4 Å². The van der Waals surface area contributed by atoms with Gasteiger partial charge in [0.1, 0.15) is 6.10 Å². The number of epoxide rings is 1. The first-order valence-electron chi connectivity index (χ1n) is 4.12. The van der Waals surface area contributed by atoms with Crippen LogP contribution in [0.3, 0.4) is 0 Å². The molecule has 0 N–H and O–H groups in total. The Morgan fingerprint density at radius 3 is 2.82 bits per heavy atom. The molecule has 0 aromatic heterocycles. The van der Waals surface area contributed by atoms with Gasteiger partial charge in [0.15, 0.2) is 6.29 Å². The summed E-state index contributed by atoms with van der Waals surface area (Å²) in [5.41, 5.74) is 0. The molecule has 3 nitrogen and oxygen atoms in total. The fourth-order valence-corrected chi connectivity index (χ4v) is 0.884. The highest BCUT2D eigenvalue weighted by Crippen LogP contribution is 2.11. The van der Waals surface area contributed by atoms with Crippen molar-refractivity contribution in [1.29, 1.82) is 0 Å². The maximum atomic E-state index is 5.41. The predicted molar refractivity (Wildman–Crippen MR) is 41.4 cm³/mol. The smallest absolute Gasteiger partial charge is 0.157 e. The summed E-state index contributed by atoms with van der Waals surface area (Å²) in [5, 5.41) is 0. The van der Waals surface area contributed by atoms with E-state index in [1.165, 1.54) is 0 Å². The Morgan fingerprint density at radius 1 is 1.64 bits per heavy atom. The Morgan fingerprint density at radius 2 is 2.36 bits per heavy atom. The lowest BCUT2D eigenvalue weighted by Crippen LogP contribution is -2.17. The number of rotatable bonds is 6. The first-order chi connectivity index (χ1) is 5.36. The zero-order chi connectivity index (χ0) is 8.10. The summed E-state index contributed by atoms with van der Waals surface area (Å²) >= 11 is 0. The first-order valence-corrected chi connectivity index (χ1v) is 4.12. The van der Waals surface area contributed by atoms with Crippen molar-refractivity contribution in [3.63, 3.8) is 0 Å². The van der Waals surface area contributed by atoms with E-state index in [4.69, 9.17) is 14.2 Å². The van der Waals surface area contributed by atoms with Gasteiger partial charge in [0, 0.05) is 7.11 Å². The molecular weight excluding hydrogens is 144 g/mol. The van der Waals surface area contributed by atoms with E-state index in [-0.39, 0.29) is 6.29 Å². The van der Waals surface area contributed by atoms with Gasteiger partial charge in [0.25, 0.3) is 0 Å². The molecule has 0 radical (unpaired) electrons. The lowest BCUT2D eigenvalue weighted by molar-refractivity contribution is -0.130.